The number of thioether (sulfide) groups is 1. The highest BCUT2D eigenvalue weighted by Crippen LogP contribution is 2.24. The molecule has 2 rings (SSSR count). The first kappa shape index (κ1) is 18.3. The highest BCUT2D eigenvalue weighted by molar-refractivity contribution is 7.99. The summed E-state index contributed by atoms with van der Waals surface area (Å²) in [5, 5.41) is 3.62. The molecule has 0 aliphatic carbocycles. The van der Waals surface area contributed by atoms with Gasteiger partial charge in [-0.25, -0.2) is 19.7 Å². The van der Waals surface area contributed by atoms with Gasteiger partial charge < -0.3 is 10.1 Å². The van der Waals surface area contributed by atoms with Crippen molar-refractivity contribution in [2.75, 3.05) is 17.7 Å². The second-order valence-electron chi connectivity index (χ2n) is 4.92. The maximum absolute atomic E-state index is 12.0. The van der Waals surface area contributed by atoms with Gasteiger partial charge in [-0.1, -0.05) is 23.1 Å². The van der Waals surface area contributed by atoms with E-state index in [1.807, 2.05) is 19.9 Å². The number of nitrogens with one attached hydrogen (secondary N) is 1. The van der Waals surface area contributed by atoms with Crippen LogP contribution in [0.5, 0.6) is 0 Å². The van der Waals surface area contributed by atoms with Gasteiger partial charge in [0.25, 0.3) is 0 Å². The van der Waals surface area contributed by atoms with E-state index in [0.717, 1.165) is 22.7 Å². The Morgan fingerprint density at radius 3 is 2.50 bits per heavy atom. The zero-order valence-electron chi connectivity index (χ0n) is 13.9. The summed E-state index contributed by atoms with van der Waals surface area (Å²) in [4.78, 5) is 36.9. The zero-order valence-corrected chi connectivity index (χ0v) is 15.5. The van der Waals surface area contributed by atoms with Crippen LogP contribution in [0.25, 0.3) is 0 Å². The van der Waals surface area contributed by atoms with Gasteiger partial charge in [0.15, 0.2) is 10.3 Å². The number of carbonyl (C=O) groups is 2. The smallest absolute Gasteiger partial charge is 0.350 e. The van der Waals surface area contributed by atoms with Gasteiger partial charge in [0, 0.05) is 11.4 Å². The molecule has 2 heterocycles. The molecular weight excluding hydrogens is 348 g/mol. The quantitative estimate of drug-likeness (QED) is 0.477. The van der Waals surface area contributed by atoms with E-state index in [-0.39, 0.29) is 11.7 Å². The van der Waals surface area contributed by atoms with Crippen LogP contribution in [-0.4, -0.2) is 39.2 Å². The minimum atomic E-state index is -0.425. The number of anilines is 1. The maximum atomic E-state index is 12.0. The number of hydrogen-bond donors (Lipinski definition) is 1. The summed E-state index contributed by atoms with van der Waals surface area (Å²) in [5.41, 5.74) is 2.26. The van der Waals surface area contributed by atoms with E-state index in [1.165, 1.54) is 11.8 Å². The lowest BCUT2D eigenvalue weighted by atomic mass is 10.4. The van der Waals surface area contributed by atoms with Crippen molar-refractivity contribution >= 4 is 40.1 Å². The number of rotatable bonds is 6. The first-order chi connectivity index (χ1) is 11.4. The van der Waals surface area contributed by atoms with Gasteiger partial charge in [0.2, 0.25) is 5.91 Å². The first-order valence-electron chi connectivity index (χ1n) is 7.28. The number of nitrogens with zero attached hydrogens (tertiary/aromatic N) is 3. The lowest BCUT2D eigenvalue weighted by Gasteiger charge is -2.03. The molecule has 0 aliphatic rings. The van der Waals surface area contributed by atoms with Crippen molar-refractivity contribution in [2.45, 2.75) is 32.9 Å². The molecule has 0 bridgehead atoms. The lowest BCUT2D eigenvalue weighted by molar-refractivity contribution is -0.113. The molecule has 9 heteroatoms. The molecule has 0 fully saturated rings. The van der Waals surface area contributed by atoms with Crippen molar-refractivity contribution in [1.29, 1.82) is 0 Å². The number of aromatic nitrogens is 3. The van der Waals surface area contributed by atoms with Crippen molar-refractivity contribution in [3.8, 4) is 0 Å². The summed E-state index contributed by atoms with van der Waals surface area (Å²) in [6.07, 6.45) is 0. The number of ether oxygens (including phenoxy) is 1. The van der Waals surface area contributed by atoms with Crippen molar-refractivity contribution < 1.29 is 14.3 Å². The number of esters is 1. The third kappa shape index (κ3) is 5.00. The number of hydrogen-bond acceptors (Lipinski definition) is 8. The number of thiazole rings is 1. The Hall–Kier alpha value is -2.00. The fourth-order valence-corrected chi connectivity index (χ4v) is 3.51. The van der Waals surface area contributed by atoms with Gasteiger partial charge in [0.1, 0.15) is 4.88 Å². The predicted molar refractivity (Wildman–Crippen MR) is 93.7 cm³/mol. The van der Waals surface area contributed by atoms with Gasteiger partial charge in [0.05, 0.1) is 18.1 Å². The van der Waals surface area contributed by atoms with Crippen LogP contribution in [0.15, 0.2) is 11.2 Å². The van der Waals surface area contributed by atoms with E-state index in [0.29, 0.717) is 27.5 Å². The molecule has 0 radical (unpaired) electrons. The van der Waals surface area contributed by atoms with Crippen LogP contribution in [0.1, 0.15) is 33.7 Å². The molecule has 0 atom stereocenters. The van der Waals surface area contributed by atoms with Crippen molar-refractivity contribution in [2.24, 2.45) is 0 Å². The minimum absolute atomic E-state index is 0.163. The van der Waals surface area contributed by atoms with Gasteiger partial charge in [-0.15, -0.1) is 0 Å². The second-order valence-corrected chi connectivity index (χ2v) is 6.87. The van der Waals surface area contributed by atoms with E-state index in [4.69, 9.17) is 4.74 Å². The second kappa shape index (κ2) is 8.20. The molecule has 1 N–H and O–H groups in total. The van der Waals surface area contributed by atoms with E-state index in [2.05, 4.69) is 20.3 Å². The van der Waals surface area contributed by atoms with Crippen molar-refractivity contribution in [1.82, 2.24) is 15.0 Å². The average Bonchev–Trinajstić information content (AvgIpc) is 2.85. The van der Waals surface area contributed by atoms with E-state index >= 15 is 0 Å². The molecule has 24 heavy (non-hydrogen) atoms. The van der Waals surface area contributed by atoms with Crippen molar-refractivity contribution in [3.63, 3.8) is 0 Å². The van der Waals surface area contributed by atoms with Gasteiger partial charge in [-0.2, -0.15) is 0 Å². The Labute approximate surface area is 148 Å². The molecular formula is C15H18N4O3S2. The Bertz CT molecular complexity index is 741. The molecule has 7 nitrogen and oxygen atoms in total. The first-order valence-corrected chi connectivity index (χ1v) is 9.08. The molecule has 0 saturated carbocycles. The molecule has 0 aliphatic heterocycles. The number of carbonyl (C=O) groups excluding carboxylic acids is 2. The van der Waals surface area contributed by atoms with Crippen molar-refractivity contribution in [3.05, 3.63) is 28.0 Å². The van der Waals surface area contributed by atoms with Crippen LogP contribution in [0.3, 0.4) is 0 Å². The average molecular weight is 366 g/mol. The van der Waals surface area contributed by atoms with Gasteiger partial charge in [-0.3, -0.25) is 4.79 Å². The van der Waals surface area contributed by atoms with Crippen LogP contribution in [0.4, 0.5) is 5.13 Å². The normalized spacial score (nSPS) is 10.5. The van der Waals surface area contributed by atoms with Crippen LogP contribution in [0.2, 0.25) is 0 Å². The molecule has 128 valence electrons. The van der Waals surface area contributed by atoms with Crippen LogP contribution < -0.4 is 5.32 Å². The molecule has 2 aromatic heterocycles. The summed E-state index contributed by atoms with van der Waals surface area (Å²) < 4.78 is 4.95. The van der Waals surface area contributed by atoms with Gasteiger partial charge in [-0.05, 0) is 33.8 Å². The third-order valence-electron chi connectivity index (χ3n) is 2.80. The molecule has 0 saturated heterocycles. The number of aryl methyl sites for hydroxylation is 3. The minimum Gasteiger partial charge on any atom is -0.462 e. The zero-order chi connectivity index (χ0) is 17.7. The summed E-state index contributed by atoms with van der Waals surface area (Å²) >= 11 is 2.36. The summed E-state index contributed by atoms with van der Waals surface area (Å²) in [6, 6.07) is 1.87. The van der Waals surface area contributed by atoms with Crippen LogP contribution in [-0.2, 0) is 9.53 Å². The monoisotopic (exact) mass is 366 g/mol. The largest absolute Gasteiger partial charge is 0.462 e. The highest BCUT2D eigenvalue weighted by Gasteiger charge is 2.17. The maximum Gasteiger partial charge on any atom is 0.350 e. The van der Waals surface area contributed by atoms with E-state index in [9.17, 15) is 9.59 Å². The molecule has 0 aromatic carbocycles. The molecule has 1 amide bonds. The number of amides is 1. The Balaban J connectivity index is 1.95. The Morgan fingerprint density at radius 2 is 1.88 bits per heavy atom. The van der Waals surface area contributed by atoms with Gasteiger partial charge >= 0.3 is 5.97 Å². The summed E-state index contributed by atoms with van der Waals surface area (Å²) in [7, 11) is 0. The standard InChI is InChI=1S/C15H18N4O3S2/c1-5-22-13(21)12-10(4)18-15(24-12)19-11(20)7-23-14-16-8(2)6-9(3)17-14/h6H,5,7H2,1-4H3,(H,18,19,20). The Morgan fingerprint density at radius 1 is 1.21 bits per heavy atom. The summed E-state index contributed by atoms with van der Waals surface area (Å²) in [6.45, 7) is 7.51. The van der Waals surface area contributed by atoms with Crippen LogP contribution >= 0.6 is 23.1 Å². The Kier molecular flexibility index (Phi) is 6.27. The van der Waals surface area contributed by atoms with E-state index < -0.39 is 5.97 Å². The topological polar surface area (TPSA) is 94.1 Å². The lowest BCUT2D eigenvalue weighted by Crippen LogP contribution is -2.14. The van der Waals surface area contributed by atoms with E-state index in [1.54, 1.807) is 13.8 Å². The fourth-order valence-electron chi connectivity index (χ4n) is 1.88. The SMILES string of the molecule is CCOC(=O)c1sc(NC(=O)CSc2nc(C)cc(C)n2)nc1C. The third-order valence-corrected chi connectivity index (χ3v) is 4.70. The van der Waals surface area contributed by atoms with Crippen LogP contribution in [0, 0.1) is 20.8 Å². The molecule has 0 spiro atoms. The highest BCUT2D eigenvalue weighted by atomic mass is 32.2. The fraction of sp³-hybridized carbons (Fsp3) is 0.400. The summed E-state index contributed by atoms with van der Waals surface area (Å²) in [5.74, 6) is -0.492. The predicted octanol–water partition coefficient (Wildman–Crippen LogP) is 2.77. The molecule has 2 aromatic rings. The molecule has 0 unspecified atom stereocenters.